The third-order valence-electron chi connectivity index (χ3n) is 5.26. The van der Waals surface area contributed by atoms with Crippen LogP contribution in [0.2, 0.25) is 0 Å². The van der Waals surface area contributed by atoms with Crippen molar-refractivity contribution in [2.24, 2.45) is 4.99 Å². The number of ether oxygens (including phenoxy) is 1. The fraction of sp³-hybridized carbons (Fsp3) is 0.478. The van der Waals surface area contributed by atoms with E-state index in [1.165, 1.54) is 5.56 Å². The average molecular weight is 413 g/mol. The summed E-state index contributed by atoms with van der Waals surface area (Å²) < 4.78 is 10.6. The van der Waals surface area contributed by atoms with Gasteiger partial charge in [0.05, 0.1) is 13.4 Å². The molecule has 2 N–H and O–H groups in total. The smallest absolute Gasteiger partial charge is 0.222 e. The monoisotopic (exact) mass is 412 g/mol. The molecule has 1 amide bonds. The molecule has 162 valence electrons. The van der Waals surface area contributed by atoms with Crippen molar-refractivity contribution < 1.29 is 13.9 Å². The second kappa shape index (κ2) is 11.3. The number of guanidine groups is 1. The number of amides is 1. The number of likely N-dealkylation sites (tertiary alicyclic amines) is 1. The Morgan fingerprint density at radius 2 is 2.10 bits per heavy atom. The zero-order chi connectivity index (χ0) is 21.2. The number of nitrogens with one attached hydrogen (secondary N) is 2. The van der Waals surface area contributed by atoms with Crippen LogP contribution in [0, 0.1) is 0 Å². The highest BCUT2D eigenvalue weighted by molar-refractivity contribution is 5.80. The van der Waals surface area contributed by atoms with E-state index in [9.17, 15) is 4.79 Å². The summed E-state index contributed by atoms with van der Waals surface area (Å²) in [5, 5.41) is 6.94. The first-order valence-corrected chi connectivity index (χ1v) is 10.7. The molecule has 2 heterocycles. The maximum Gasteiger partial charge on any atom is 0.222 e. The lowest BCUT2D eigenvalue weighted by atomic mass is 10.1. The minimum Gasteiger partial charge on any atom is -0.497 e. The lowest BCUT2D eigenvalue weighted by molar-refractivity contribution is -0.129. The van der Waals surface area contributed by atoms with Crippen LogP contribution in [0.15, 0.2) is 52.1 Å². The van der Waals surface area contributed by atoms with Crippen LogP contribution in [0.1, 0.15) is 31.1 Å². The van der Waals surface area contributed by atoms with E-state index < -0.39 is 0 Å². The number of carbonyl (C=O) groups is 1. The van der Waals surface area contributed by atoms with Crippen LogP contribution in [-0.4, -0.2) is 56.1 Å². The Hall–Kier alpha value is -2.96. The molecule has 1 unspecified atom stereocenters. The van der Waals surface area contributed by atoms with E-state index in [0.717, 1.165) is 56.4 Å². The highest BCUT2D eigenvalue weighted by Gasteiger charge is 2.25. The Kier molecular flexibility index (Phi) is 8.18. The molecule has 1 aromatic carbocycles. The molecule has 0 aliphatic carbocycles. The molecule has 0 spiro atoms. The first kappa shape index (κ1) is 21.7. The van der Waals surface area contributed by atoms with Gasteiger partial charge in [-0.05, 0) is 42.7 Å². The Balaban J connectivity index is 1.53. The second-order valence-electron chi connectivity index (χ2n) is 7.41. The van der Waals surface area contributed by atoms with Crippen molar-refractivity contribution in [1.82, 2.24) is 15.5 Å². The maximum absolute atomic E-state index is 12.0. The normalized spacial score (nSPS) is 16.5. The largest absolute Gasteiger partial charge is 0.497 e. The molecule has 0 radical (unpaired) electrons. The van der Waals surface area contributed by atoms with Crippen molar-refractivity contribution in [3.63, 3.8) is 0 Å². The summed E-state index contributed by atoms with van der Waals surface area (Å²) in [5.74, 6) is 2.78. The number of benzene rings is 1. The molecule has 1 aliphatic rings. The van der Waals surface area contributed by atoms with Gasteiger partial charge < -0.3 is 24.7 Å². The van der Waals surface area contributed by atoms with Crippen LogP contribution in [-0.2, 0) is 17.6 Å². The molecule has 2 aromatic rings. The van der Waals surface area contributed by atoms with Crippen LogP contribution < -0.4 is 15.4 Å². The summed E-state index contributed by atoms with van der Waals surface area (Å²) >= 11 is 0. The van der Waals surface area contributed by atoms with Crippen molar-refractivity contribution >= 4 is 11.9 Å². The molecule has 7 heteroatoms. The van der Waals surface area contributed by atoms with E-state index in [1.807, 2.05) is 36.1 Å². The van der Waals surface area contributed by atoms with Gasteiger partial charge in [-0.25, -0.2) is 0 Å². The Bertz CT molecular complexity index is 802. The number of methoxy groups -OCH3 is 1. The number of aliphatic imine (C=N–C) groups is 1. The van der Waals surface area contributed by atoms with Crippen LogP contribution in [0.4, 0.5) is 0 Å². The fourth-order valence-corrected chi connectivity index (χ4v) is 3.52. The summed E-state index contributed by atoms with van der Waals surface area (Å²) in [6.45, 7) is 4.84. The lowest BCUT2D eigenvalue weighted by Gasteiger charge is -2.19. The molecule has 1 aromatic heterocycles. The molecule has 1 aliphatic heterocycles. The first-order chi connectivity index (χ1) is 14.7. The van der Waals surface area contributed by atoms with Gasteiger partial charge in [-0.1, -0.05) is 19.1 Å². The molecule has 30 heavy (non-hydrogen) atoms. The zero-order valence-corrected chi connectivity index (χ0v) is 17.9. The van der Waals surface area contributed by atoms with E-state index in [1.54, 1.807) is 13.4 Å². The Labute approximate surface area is 178 Å². The summed E-state index contributed by atoms with van der Waals surface area (Å²) in [6.07, 6.45) is 4.81. The van der Waals surface area contributed by atoms with Gasteiger partial charge in [-0.15, -0.1) is 0 Å². The van der Waals surface area contributed by atoms with Gasteiger partial charge in [0.1, 0.15) is 11.5 Å². The minimum absolute atomic E-state index is 0.211. The number of furan rings is 1. The summed E-state index contributed by atoms with van der Waals surface area (Å²) in [6, 6.07) is 12.2. The molecule has 1 atom stereocenters. The van der Waals surface area contributed by atoms with Crippen molar-refractivity contribution in [3.8, 4) is 5.75 Å². The van der Waals surface area contributed by atoms with Crippen molar-refractivity contribution in [1.29, 1.82) is 0 Å². The van der Waals surface area contributed by atoms with Crippen molar-refractivity contribution in [2.75, 3.05) is 33.3 Å². The number of nitrogens with zero attached hydrogens (tertiary/aromatic N) is 2. The topological polar surface area (TPSA) is 79.1 Å². The minimum atomic E-state index is 0.211. The molecule has 1 fully saturated rings. The van der Waals surface area contributed by atoms with Gasteiger partial charge in [0.25, 0.3) is 0 Å². The van der Waals surface area contributed by atoms with Gasteiger partial charge in [-0.3, -0.25) is 9.79 Å². The van der Waals surface area contributed by atoms with Gasteiger partial charge in [-0.2, -0.15) is 0 Å². The Morgan fingerprint density at radius 3 is 2.80 bits per heavy atom. The fourth-order valence-electron chi connectivity index (χ4n) is 3.52. The SMILES string of the molecule is CCC(=O)N1CCC(NC(=NCCc2ccco2)NCCc2ccc(OC)cc2)C1. The standard InChI is InChI=1S/C23H32N4O3/c1-3-22(28)27-15-12-19(17-27)26-23(25-14-11-21-5-4-16-30-21)24-13-10-18-6-8-20(29-2)9-7-18/h4-9,16,19H,3,10-15,17H2,1-2H3,(H2,24,25,26). The average Bonchev–Trinajstić information content (AvgIpc) is 3.46. The molecule has 7 nitrogen and oxygen atoms in total. The van der Waals surface area contributed by atoms with Crippen molar-refractivity contribution in [3.05, 3.63) is 54.0 Å². The molecule has 1 saturated heterocycles. The number of rotatable bonds is 9. The van der Waals surface area contributed by atoms with E-state index >= 15 is 0 Å². The third-order valence-corrected chi connectivity index (χ3v) is 5.26. The quantitative estimate of drug-likeness (QED) is 0.489. The van der Waals surface area contributed by atoms with Crippen LogP contribution >= 0.6 is 0 Å². The molecule has 0 saturated carbocycles. The summed E-state index contributed by atoms with van der Waals surface area (Å²) in [7, 11) is 1.67. The molecular formula is C23H32N4O3. The number of carbonyl (C=O) groups excluding carboxylic acids is 1. The highest BCUT2D eigenvalue weighted by Crippen LogP contribution is 2.12. The maximum atomic E-state index is 12.0. The Morgan fingerprint density at radius 1 is 1.27 bits per heavy atom. The zero-order valence-electron chi connectivity index (χ0n) is 17.9. The molecular weight excluding hydrogens is 380 g/mol. The number of hydrogen-bond donors (Lipinski definition) is 2. The van der Waals surface area contributed by atoms with E-state index in [2.05, 4.69) is 22.8 Å². The van der Waals surface area contributed by atoms with Crippen LogP contribution in [0.3, 0.4) is 0 Å². The summed E-state index contributed by atoms with van der Waals surface area (Å²) in [4.78, 5) is 18.6. The predicted octanol–water partition coefficient (Wildman–Crippen LogP) is 2.62. The first-order valence-electron chi connectivity index (χ1n) is 10.7. The van der Waals surface area contributed by atoms with Gasteiger partial charge in [0.15, 0.2) is 5.96 Å². The van der Waals surface area contributed by atoms with E-state index in [0.29, 0.717) is 13.0 Å². The lowest BCUT2D eigenvalue weighted by Crippen LogP contribution is -2.45. The molecule has 0 bridgehead atoms. The summed E-state index contributed by atoms with van der Waals surface area (Å²) in [5.41, 5.74) is 1.24. The van der Waals surface area contributed by atoms with Gasteiger partial charge >= 0.3 is 0 Å². The van der Waals surface area contributed by atoms with Gasteiger partial charge in [0, 0.05) is 45.1 Å². The van der Waals surface area contributed by atoms with E-state index in [4.69, 9.17) is 14.1 Å². The molecule has 3 rings (SSSR count). The van der Waals surface area contributed by atoms with Crippen molar-refractivity contribution in [2.45, 2.75) is 38.6 Å². The second-order valence-corrected chi connectivity index (χ2v) is 7.41. The van der Waals surface area contributed by atoms with Crippen LogP contribution in [0.5, 0.6) is 5.75 Å². The van der Waals surface area contributed by atoms with E-state index in [-0.39, 0.29) is 11.9 Å². The predicted molar refractivity (Wildman–Crippen MR) is 118 cm³/mol. The highest BCUT2D eigenvalue weighted by atomic mass is 16.5. The van der Waals surface area contributed by atoms with Crippen LogP contribution in [0.25, 0.3) is 0 Å². The third kappa shape index (κ3) is 6.54. The van der Waals surface area contributed by atoms with Gasteiger partial charge in [0.2, 0.25) is 5.91 Å². The number of hydrogen-bond acceptors (Lipinski definition) is 4.